The highest BCUT2D eigenvalue weighted by atomic mass is 16.4. The third-order valence-corrected chi connectivity index (χ3v) is 4.73. The van der Waals surface area contributed by atoms with Crippen molar-refractivity contribution in [3.05, 3.63) is 94.5 Å². The van der Waals surface area contributed by atoms with Crippen molar-refractivity contribution in [3.8, 4) is 11.1 Å². The van der Waals surface area contributed by atoms with Gasteiger partial charge >= 0.3 is 5.97 Å². The third kappa shape index (κ3) is 4.95. The molecule has 0 saturated heterocycles. The fourth-order valence-corrected chi connectivity index (χ4v) is 3.31. The van der Waals surface area contributed by atoms with Crippen molar-refractivity contribution in [3.63, 3.8) is 0 Å². The van der Waals surface area contributed by atoms with Crippen molar-refractivity contribution < 1.29 is 9.90 Å². The minimum Gasteiger partial charge on any atom is -0.481 e. The van der Waals surface area contributed by atoms with Crippen LogP contribution in [0.1, 0.15) is 34.2 Å². The Kier molecular flexibility index (Phi) is 5.87. The van der Waals surface area contributed by atoms with Gasteiger partial charge in [-0.25, -0.2) is 0 Å². The summed E-state index contributed by atoms with van der Waals surface area (Å²) in [6.07, 6.45) is 4.94. The van der Waals surface area contributed by atoms with Gasteiger partial charge in [-0.1, -0.05) is 72.8 Å². The number of rotatable bonds is 6. The number of hydrogen-bond donors (Lipinski definition) is 1. The fourth-order valence-electron chi connectivity index (χ4n) is 3.31. The fraction of sp³-hybridized carbons (Fsp3) is 0.160. The largest absolute Gasteiger partial charge is 0.481 e. The van der Waals surface area contributed by atoms with E-state index in [1.807, 2.05) is 24.3 Å². The zero-order valence-corrected chi connectivity index (χ0v) is 15.8. The SMILES string of the molecule is Cc1cccc(C)c1-c1cccc(/C=C/c2ccc(CCC(=O)O)cc2)c1. The normalized spacial score (nSPS) is 11.0. The van der Waals surface area contributed by atoms with Gasteiger partial charge in [0.15, 0.2) is 0 Å². The maximum atomic E-state index is 10.7. The zero-order valence-electron chi connectivity index (χ0n) is 15.8. The molecule has 0 aliphatic rings. The van der Waals surface area contributed by atoms with Crippen LogP contribution in [-0.2, 0) is 11.2 Å². The van der Waals surface area contributed by atoms with Crippen molar-refractivity contribution in [2.75, 3.05) is 0 Å². The van der Waals surface area contributed by atoms with Crippen molar-refractivity contribution >= 4 is 18.1 Å². The van der Waals surface area contributed by atoms with Crippen molar-refractivity contribution in [1.29, 1.82) is 0 Å². The van der Waals surface area contributed by atoms with Crippen LogP contribution < -0.4 is 0 Å². The van der Waals surface area contributed by atoms with Crippen LogP contribution in [0, 0.1) is 13.8 Å². The molecular weight excluding hydrogens is 332 g/mol. The maximum Gasteiger partial charge on any atom is 0.303 e. The molecule has 2 heteroatoms. The number of benzene rings is 3. The van der Waals surface area contributed by atoms with Crippen LogP contribution in [0.25, 0.3) is 23.3 Å². The molecule has 0 spiro atoms. The van der Waals surface area contributed by atoms with Gasteiger partial charge < -0.3 is 5.11 Å². The molecule has 2 nitrogen and oxygen atoms in total. The quantitative estimate of drug-likeness (QED) is 0.537. The predicted octanol–water partition coefficient (Wildman–Crippen LogP) is 6.16. The van der Waals surface area contributed by atoms with Gasteiger partial charge in [0.1, 0.15) is 0 Å². The van der Waals surface area contributed by atoms with Gasteiger partial charge in [0.2, 0.25) is 0 Å². The molecule has 0 saturated carbocycles. The Morgan fingerprint density at radius 1 is 0.852 bits per heavy atom. The molecule has 136 valence electrons. The van der Waals surface area contributed by atoms with E-state index in [2.05, 4.69) is 68.5 Å². The van der Waals surface area contributed by atoms with Crippen LogP contribution in [0.4, 0.5) is 0 Å². The zero-order chi connectivity index (χ0) is 19.2. The smallest absolute Gasteiger partial charge is 0.303 e. The lowest BCUT2D eigenvalue weighted by molar-refractivity contribution is -0.136. The molecule has 0 aliphatic carbocycles. The summed E-state index contributed by atoms with van der Waals surface area (Å²) in [6, 6.07) is 23.0. The van der Waals surface area contributed by atoms with Gasteiger partial charge in [-0.05, 0) is 65.3 Å². The average molecular weight is 356 g/mol. The standard InChI is InChI=1S/C25H24O2/c1-18-5-3-6-19(2)25(18)23-8-4-7-22(17-23)14-13-20-9-11-21(12-10-20)15-16-24(26)27/h3-14,17H,15-16H2,1-2H3,(H,26,27)/b14-13+. The van der Waals surface area contributed by atoms with Crippen LogP contribution in [-0.4, -0.2) is 11.1 Å². The minimum atomic E-state index is -0.761. The van der Waals surface area contributed by atoms with Crippen molar-refractivity contribution in [2.45, 2.75) is 26.7 Å². The van der Waals surface area contributed by atoms with Gasteiger partial charge in [-0.15, -0.1) is 0 Å². The lowest BCUT2D eigenvalue weighted by Gasteiger charge is -2.10. The molecule has 0 radical (unpaired) electrons. The molecule has 0 bridgehead atoms. The Hall–Kier alpha value is -3.13. The summed E-state index contributed by atoms with van der Waals surface area (Å²) in [5.41, 5.74) is 8.41. The lowest BCUT2D eigenvalue weighted by Crippen LogP contribution is -1.97. The van der Waals surface area contributed by atoms with E-state index in [-0.39, 0.29) is 6.42 Å². The van der Waals surface area contributed by atoms with Crippen molar-refractivity contribution in [2.24, 2.45) is 0 Å². The molecule has 3 aromatic rings. The monoisotopic (exact) mass is 356 g/mol. The second kappa shape index (κ2) is 8.50. The van der Waals surface area contributed by atoms with E-state index in [1.165, 1.54) is 22.3 Å². The molecule has 0 heterocycles. The number of carboxylic acids is 1. The molecule has 0 fully saturated rings. The Bertz CT molecular complexity index is 946. The molecule has 27 heavy (non-hydrogen) atoms. The molecule has 0 amide bonds. The van der Waals surface area contributed by atoms with E-state index in [0.29, 0.717) is 6.42 Å². The van der Waals surface area contributed by atoms with Crippen LogP contribution in [0.2, 0.25) is 0 Å². The van der Waals surface area contributed by atoms with E-state index in [9.17, 15) is 4.79 Å². The highest BCUT2D eigenvalue weighted by molar-refractivity contribution is 5.76. The highest BCUT2D eigenvalue weighted by Gasteiger charge is 2.05. The molecule has 0 aromatic heterocycles. The minimum absolute atomic E-state index is 0.167. The van der Waals surface area contributed by atoms with Crippen LogP contribution in [0.3, 0.4) is 0 Å². The number of carbonyl (C=O) groups is 1. The van der Waals surface area contributed by atoms with Gasteiger partial charge in [0.05, 0.1) is 0 Å². The van der Waals surface area contributed by atoms with E-state index in [4.69, 9.17) is 5.11 Å². The molecule has 0 unspecified atom stereocenters. The number of aliphatic carboxylic acids is 1. The summed E-state index contributed by atoms with van der Waals surface area (Å²) >= 11 is 0. The number of carboxylic acid groups (broad SMARTS) is 1. The first kappa shape index (κ1) is 18.7. The second-order valence-electron chi connectivity index (χ2n) is 6.86. The van der Waals surface area contributed by atoms with Crippen LogP contribution >= 0.6 is 0 Å². The topological polar surface area (TPSA) is 37.3 Å². The molecular formula is C25H24O2. The van der Waals surface area contributed by atoms with Gasteiger partial charge in [-0.3, -0.25) is 4.79 Å². The first-order chi connectivity index (χ1) is 13.0. The van der Waals surface area contributed by atoms with Crippen LogP contribution in [0.15, 0.2) is 66.7 Å². The number of hydrogen-bond acceptors (Lipinski definition) is 1. The highest BCUT2D eigenvalue weighted by Crippen LogP contribution is 2.28. The Morgan fingerprint density at radius 2 is 1.48 bits per heavy atom. The Balaban J connectivity index is 1.77. The molecule has 0 atom stereocenters. The van der Waals surface area contributed by atoms with Crippen LogP contribution in [0.5, 0.6) is 0 Å². The van der Waals surface area contributed by atoms with Gasteiger partial charge in [0.25, 0.3) is 0 Å². The summed E-state index contributed by atoms with van der Waals surface area (Å²) < 4.78 is 0. The summed E-state index contributed by atoms with van der Waals surface area (Å²) in [7, 11) is 0. The molecule has 3 rings (SSSR count). The van der Waals surface area contributed by atoms with E-state index >= 15 is 0 Å². The van der Waals surface area contributed by atoms with Gasteiger partial charge in [0, 0.05) is 6.42 Å². The van der Waals surface area contributed by atoms with E-state index in [1.54, 1.807) is 0 Å². The Labute approximate surface area is 160 Å². The van der Waals surface area contributed by atoms with E-state index in [0.717, 1.165) is 16.7 Å². The van der Waals surface area contributed by atoms with Crippen molar-refractivity contribution in [1.82, 2.24) is 0 Å². The van der Waals surface area contributed by atoms with Gasteiger partial charge in [-0.2, -0.15) is 0 Å². The summed E-state index contributed by atoms with van der Waals surface area (Å²) in [5.74, 6) is -0.761. The number of aryl methyl sites for hydroxylation is 3. The second-order valence-corrected chi connectivity index (χ2v) is 6.86. The molecule has 3 aromatic carbocycles. The summed E-state index contributed by atoms with van der Waals surface area (Å²) in [6.45, 7) is 4.30. The third-order valence-electron chi connectivity index (χ3n) is 4.73. The maximum absolute atomic E-state index is 10.7. The van der Waals surface area contributed by atoms with E-state index < -0.39 is 5.97 Å². The molecule has 1 N–H and O–H groups in total. The first-order valence-corrected chi connectivity index (χ1v) is 9.18. The lowest BCUT2D eigenvalue weighted by atomic mass is 9.94. The predicted molar refractivity (Wildman–Crippen MR) is 113 cm³/mol. The first-order valence-electron chi connectivity index (χ1n) is 9.18. The summed E-state index contributed by atoms with van der Waals surface area (Å²) in [4.78, 5) is 10.7. The summed E-state index contributed by atoms with van der Waals surface area (Å²) in [5, 5.41) is 8.77. The Morgan fingerprint density at radius 3 is 2.15 bits per heavy atom. The average Bonchev–Trinajstić information content (AvgIpc) is 2.66. The molecule has 0 aliphatic heterocycles.